The zero-order valence-electron chi connectivity index (χ0n) is 18.4. The fourth-order valence-corrected chi connectivity index (χ4v) is 3.20. The second-order valence-corrected chi connectivity index (χ2v) is 7.87. The number of benzene rings is 1. The van der Waals surface area contributed by atoms with Crippen molar-refractivity contribution in [2.45, 2.75) is 51.8 Å². The number of nitrogens with two attached hydrogens (primary N) is 1. The first-order valence-electron chi connectivity index (χ1n) is 10.4. The van der Waals surface area contributed by atoms with Crippen LogP contribution in [0.3, 0.4) is 0 Å². The molecule has 0 bridgehead atoms. The van der Waals surface area contributed by atoms with Gasteiger partial charge in [0.2, 0.25) is 11.8 Å². The molecule has 2 amide bonds. The van der Waals surface area contributed by atoms with Gasteiger partial charge in [-0.05, 0) is 38.9 Å². The fraction of sp³-hybridized carbons (Fsp3) is 0.591. The van der Waals surface area contributed by atoms with Crippen molar-refractivity contribution in [2.24, 2.45) is 17.6 Å². The van der Waals surface area contributed by atoms with Crippen LogP contribution in [0.4, 0.5) is 0 Å². The number of amides is 2. The fourth-order valence-electron chi connectivity index (χ4n) is 3.20. The molecule has 0 aliphatic carbocycles. The van der Waals surface area contributed by atoms with Crippen LogP contribution in [0.1, 0.15) is 32.8 Å². The molecule has 6 N–H and O–H groups in total. The number of carbonyl (C=O) groups excluding carboxylic acids is 3. The van der Waals surface area contributed by atoms with Gasteiger partial charge in [0.15, 0.2) is 5.78 Å². The summed E-state index contributed by atoms with van der Waals surface area (Å²) in [5.41, 5.74) is 6.57. The van der Waals surface area contributed by atoms with Crippen LogP contribution >= 0.6 is 0 Å². The van der Waals surface area contributed by atoms with Crippen LogP contribution in [-0.4, -0.2) is 61.0 Å². The van der Waals surface area contributed by atoms with Crippen molar-refractivity contribution in [3.63, 3.8) is 0 Å². The van der Waals surface area contributed by atoms with Gasteiger partial charge in [0.1, 0.15) is 6.04 Å². The molecule has 1 unspecified atom stereocenters. The van der Waals surface area contributed by atoms with Crippen LogP contribution in [0, 0.1) is 11.8 Å². The van der Waals surface area contributed by atoms with Gasteiger partial charge >= 0.3 is 0 Å². The first kappa shape index (κ1) is 25.7. The monoisotopic (exact) mass is 420 g/mol. The molecule has 0 saturated heterocycles. The largest absolute Gasteiger partial charge is 0.391 e. The highest BCUT2D eigenvalue weighted by Gasteiger charge is 2.31. The Morgan fingerprint density at radius 2 is 1.67 bits per heavy atom. The summed E-state index contributed by atoms with van der Waals surface area (Å²) in [7, 11) is 1.75. The third-order valence-electron chi connectivity index (χ3n) is 4.89. The number of hydrogen-bond donors (Lipinski definition) is 5. The van der Waals surface area contributed by atoms with E-state index in [4.69, 9.17) is 5.73 Å². The molecule has 1 rings (SSSR count). The lowest BCUT2D eigenvalue weighted by Gasteiger charge is -2.27. The number of aliphatic hydroxyl groups is 1. The zero-order valence-corrected chi connectivity index (χ0v) is 18.4. The molecule has 30 heavy (non-hydrogen) atoms. The Morgan fingerprint density at radius 1 is 1.03 bits per heavy atom. The van der Waals surface area contributed by atoms with Gasteiger partial charge in [0.05, 0.1) is 18.1 Å². The Kier molecular flexibility index (Phi) is 11.2. The summed E-state index contributed by atoms with van der Waals surface area (Å²) in [5, 5.41) is 18.4. The van der Waals surface area contributed by atoms with E-state index in [0.717, 1.165) is 5.56 Å². The lowest BCUT2D eigenvalue weighted by atomic mass is 9.97. The number of carbonyl (C=O) groups is 3. The molecule has 0 radical (unpaired) electrons. The molecule has 0 fully saturated rings. The maximum Gasteiger partial charge on any atom is 0.245 e. The maximum atomic E-state index is 12.9. The summed E-state index contributed by atoms with van der Waals surface area (Å²) in [5.74, 6) is -1.79. The van der Waals surface area contributed by atoms with E-state index in [1.54, 1.807) is 20.9 Å². The summed E-state index contributed by atoms with van der Waals surface area (Å²) in [4.78, 5) is 38.0. The standard InChI is InChI=1S/C22H36N4O4/c1-14(2)20(28)18(10-11-23)25-22(30)19(15(3)27)26-21(29)17(13-24-4)12-16-8-6-5-7-9-16/h5-9,14-15,17-19,24,27H,10-13,23H2,1-4H3,(H,25,30)(H,26,29)/t15-,17?,18-,19-/m0/s1. The second kappa shape index (κ2) is 13.1. The van der Waals surface area contributed by atoms with Crippen LogP contribution in [-0.2, 0) is 20.8 Å². The number of ketones is 1. The van der Waals surface area contributed by atoms with Crippen molar-refractivity contribution in [1.29, 1.82) is 0 Å². The van der Waals surface area contributed by atoms with Crippen LogP contribution in [0.25, 0.3) is 0 Å². The minimum Gasteiger partial charge on any atom is -0.391 e. The van der Waals surface area contributed by atoms with Crippen molar-refractivity contribution in [1.82, 2.24) is 16.0 Å². The molecule has 0 aliphatic rings. The van der Waals surface area contributed by atoms with Crippen LogP contribution in [0.15, 0.2) is 30.3 Å². The van der Waals surface area contributed by atoms with Crippen molar-refractivity contribution >= 4 is 17.6 Å². The Bertz CT molecular complexity index is 679. The average Bonchev–Trinajstić information content (AvgIpc) is 2.70. The molecule has 4 atom stereocenters. The van der Waals surface area contributed by atoms with Gasteiger partial charge in [-0.3, -0.25) is 14.4 Å². The third kappa shape index (κ3) is 8.22. The summed E-state index contributed by atoms with van der Waals surface area (Å²) < 4.78 is 0. The van der Waals surface area contributed by atoms with Gasteiger partial charge in [-0.1, -0.05) is 44.2 Å². The van der Waals surface area contributed by atoms with Gasteiger partial charge in [-0.25, -0.2) is 0 Å². The molecule has 0 saturated carbocycles. The molecular weight excluding hydrogens is 384 g/mol. The first-order chi connectivity index (χ1) is 14.2. The zero-order chi connectivity index (χ0) is 22.7. The minimum absolute atomic E-state index is 0.137. The number of rotatable bonds is 13. The third-order valence-corrected chi connectivity index (χ3v) is 4.89. The molecule has 8 heteroatoms. The number of hydrogen-bond acceptors (Lipinski definition) is 6. The summed E-state index contributed by atoms with van der Waals surface area (Å²) in [6, 6.07) is 7.65. The van der Waals surface area contributed by atoms with Crippen molar-refractivity contribution in [3.05, 3.63) is 35.9 Å². The van der Waals surface area contributed by atoms with Gasteiger partial charge in [0, 0.05) is 12.5 Å². The van der Waals surface area contributed by atoms with E-state index < -0.39 is 30.0 Å². The van der Waals surface area contributed by atoms with Crippen LogP contribution < -0.4 is 21.7 Å². The summed E-state index contributed by atoms with van der Waals surface area (Å²) in [6.07, 6.45) is -0.350. The molecule has 8 nitrogen and oxygen atoms in total. The van der Waals surface area contributed by atoms with E-state index in [0.29, 0.717) is 19.4 Å². The van der Waals surface area contributed by atoms with Crippen molar-refractivity contribution < 1.29 is 19.5 Å². The van der Waals surface area contributed by atoms with Gasteiger partial charge < -0.3 is 26.8 Å². The van der Waals surface area contributed by atoms with Crippen molar-refractivity contribution in [2.75, 3.05) is 20.1 Å². The van der Waals surface area contributed by atoms with E-state index in [2.05, 4.69) is 16.0 Å². The maximum absolute atomic E-state index is 12.9. The first-order valence-corrected chi connectivity index (χ1v) is 10.4. The summed E-state index contributed by atoms with van der Waals surface area (Å²) >= 11 is 0. The Morgan fingerprint density at radius 3 is 2.17 bits per heavy atom. The highest BCUT2D eigenvalue weighted by Crippen LogP contribution is 2.10. The second-order valence-electron chi connectivity index (χ2n) is 7.87. The highest BCUT2D eigenvalue weighted by molar-refractivity contribution is 5.94. The van der Waals surface area contributed by atoms with Gasteiger partial charge in [0.25, 0.3) is 0 Å². The molecule has 1 aromatic rings. The Hall–Kier alpha value is -2.29. The average molecular weight is 421 g/mol. The quantitative estimate of drug-likeness (QED) is 0.305. The molecular formula is C22H36N4O4. The summed E-state index contributed by atoms with van der Waals surface area (Å²) in [6.45, 7) is 5.57. The predicted octanol–water partition coefficient (Wildman–Crippen LogP) is -0.0110. The van der Waals surface area contributed by atoms with Crippen LogP contribution in [0.5, 0.6) is 0 Å². The molecule has 0 aliphatic heterocycles. The van der Waals surface area contributed by atoms with Crippen LogP contribution in [0.2, 0.25) is 0 Å². The topological polar surface area (TPSA) is 134 Å². The highest BCUT2D eigenvalue weighted by atomic mass is 16.3. The number of aliphatic hydroxyl groups excluding tert-OH is 1. The molecule has 0 heterocycles. The molecule has 0 spiro atoms. The number of Topliss-reactive ketones (excluding diaryl/α,β-unsaturated/α-hetero) is 1. The van der Waals surface area contributed by atoms with Gasteiger partial charge in [-0.15, -0.1) is 0 Å². The lowest BCUT2D eigenvalue weighted by Crippen LogP contribution is -2.57. The van der Waals surface area contributed by atoms with Crippen molar-refractivity contribution in [3.8, 4) is 0 Å². The normalized spacial score (nSPS) is 15.2. The number of nitrogens with one attached hydrogen (secondary N) is 3. The van der Waals surface area contributed by atoms with E-state index in [1.165, 1.54) is 6.92 Å². The Balaban J connectivity index is 2.89. The smallest absolute Gasteiger partial charge is 0.245 e. The van der Waals surface area contributed by atoms with E-state index in [-0.39, 0.29) is 24.2 Å². The minimum atomic E-state index is -1.17. The lowest BCUT2D eigenvalue weighted by molar-refractivity contribution is -0.135. The predicted molar refractivity (Wildman–Crippen MR) is 117 cm³/mol. The SMILES string of the molecule is CNCC(Cc1ccccc1)C(=O)N[C@H](C(=O)N[C@@H](CCN)C(=O)C(C)C)[C@H](C)O. The Labute approximate surface area is 179 Å². The van der Waals surface area contributed by atoms with E-state index in [9.17, 15) is 19.5 Å². The van der Waals surface area contributed by atoms with Gasteiger partial charge in [-0.2, -0.15) is 0 Å². The van der Waals surface area contributed by atoms with E-state index in [1.807, 2.05) is 30.3 Å². The molecule has 1 aromatic carbocycles. The molecule has 0 aromatic heterocycles. The molecule has 168 valence electrons. The van der Waals surface area contributed by atoms with E-state index >= 15 is 0 Å².